The lowest BCUT2D eigenvalue weighted by Crippen LogP contribution is -2.15. The number of hydrogen-bond acceptors (Lipinski definition) is 3. The summed E-state index contributed by atoms with van der Waals surface area (Å²) in [6, 6.07) is 15.4. The summed E-state index contributed by atoms with van der Waals surface area (Å²) < 4.78 is 5.78. The van der Waals surface area contributed by atoms with Gasteiger partial charge in [-0.1, -0.05) is 41.9 Å². The van der Waals surface area contributed by atoms with E-state index in [1.165, 1.54) is 0 Å². The summed E-state index contributed by atoms with van der Waals surface area (Å²) in [6.45, 7) is 1.79. The molecule has 0 aliphatic heterocycles. The van der Waals surface area contributed by atoms with Gasteiger partial charge in [0.1, 0.15) is 12.4 Å². The fourth-order valence-electron chi connectivity index (χ4n) is 2.12. The molecule has 4 nitrogen and oxygen atoms in total. The lowest BCUT2D eigenvalue weighted by Gasteiger charge is -2.10. The van der Waals surface area contributed by atoms with Crippen LogP contribution in [0.15, 0.2) is 48.5 Å². The molecule has 2 aromatic rings. The molecule has 0 radical (unpaired) electrons. The zero-order valence-electron chi connectivity index (χ0n) is 12.8. The Morgan fingerprint density at radius 1 is 1.17 bits per heavy atom. The number of halogens is 1. The predicted molar refractivity (Wildman–Crippen MR) is 90.8 cm³/mol. The molecule has 0 saturated carbocycles. The Kier molecular flexibility index (Phi) is 6.91. The van der Waals surface area contributed by atoms with Gasteiger partial charge in [0.05, 0.1) is 0 Å². The number of carbonyl (C=O) groups is 1. The lowest BCUT2D eigenvalue weighted by atomic mass is 10.2. The third-order valence-electron chi connectivity index (χ3n) is 3.32. The fraction of sp³-hybridized carbons (Fsp3) is 0.278. The number of carboxylic acid groups (broad SMARTS) is 1. The van der Waals surface area contributed by atoms with Gasteiger partial charge in [0.15, 0.2) is 0 Å². The molecule has 0 spiro atoms. The molecule has 122 valence electrons. The summed E-state index contributed by atoms with van der Waals surface area (Å²) in [5, 5.41) is 12.5. The molecule has 0 atom stereocenters. The quantitative estimate of drug-likeness (QED) is 0.684. The molecule has 0 heterocycles. The summed E-state index contributed by atoms with van der Waals surface area (Å²) in [5.74, 6) is 0.0246. The van der Waals surface area contributed by atoms with Gasteiger partial charge >= 0.3 is 5.97 Å². The second-order valence-corrected chi connectivity index (χ2v) is 5.61. The van der Waals surface area contributed by atoms with Crippen LogP contribution in [0.25, 0.3) is 0 Å². The van der Waals surface area contributed by atoms with Crippen LogP contribution in [0.2, 0.25) is 5.02 Å². The van der Waals surface area contributed by atoms with Crippen LogP contribution in [-0.2, 0) is 17.9 Å². The monoisotopic (exact) mass is 333 g/mol. The average Bonchev–Trinajstić information content (AvgIpc) is 2.54. The maximum Gasteiger partial charge on any atom is 0.303 e. The summed E-state index contributed by atoms with van der Waals surface area (Å²) in [7, 11) is 0. The van der Waals surface area contributed by atoms with Crippen molar-refractivity contribution in [2.24, 2.45) is 0 Å². The van der Waals surface area contributed by atoms with Crippen molar-refractivity contribution >= 4 is 17.6 Å². The topological polar surface area (TPSA) is 58.6 Å². The second-order valence-electron chi connectivity index (χ2n) is 5.20. The van der Waals surface area contributed by atoms with Gasteiger partial charge in [0, 0.05) is 23.6 Å². The number of hydrogen-bond donors (Lipinski definition) is 2. The predicted octanol–water partition coefficient (Wildman–Crippen LogP) is 3.87. The molecule has 2 aromatic carbocycles. The minimum atomic E-state index is -0.762. The van der Waals surface area contributed by atoms with E-state index in [1.807, 2.05) is 48.5 Å². The van der Waals surface area contributed by atoms with Crippen molar-refractivity contribution in [1.82, 2.24) is 5.32 Å². The van der Waals surface area contributed by atoms with Crippen molar-refractivity contribution in [2.75, 3.05) is 6.54 Å². The van der Waals surface area contributed by atoms with E-state index < -0.39 is 5.97 Å². The van der Waals surface area contributed by atoms with Crippen LogP contribution in [0.4, 0.5) is 0 Å². The third-order valence-corrected chi connectivity index (χ3v) is 3.69. The number of benzene rings is 2. The summed E-state index contributed by atoms with van der Waals surface area (Å²) in [6.07, 6.45) is 0.812. The molecule has 0 unspecified atom stereocenters. The average molecular weight is 334 g/mol. The minimum Gasteiger partial charge on any atom is -0.489 e. The molecule has 2 N–H and O–H groups in total. The smallest absolute Gasteiger partial charge is 0.303 e. The Morgan fingerprint density at radius 3 is 2.78 bits per heavy atom. The van der Waals surface area contributed by atoms with Gasteiger partial charge in [0.25, 0.3) is 0 Å². The summed E-state index contributed by atoms with van der Waals surface area (Å²) in [4.78, 5) is 10.4. The maximum atomic E-state index is 10.4. The van der Waals surface area contributed by atoms with Gasteiger partial charge in [-0.25, -0.2) is 0 Å². The zero-order chi connectivity index (χ0) is 16.5. The molecule has 0 aliphatic rings. The Bertz CT molecular complexity index is 646. The van der Waals surface area contributed by atoms with E-state index in [9.17, 15) is 4.79 Å². The normalized spacial score (nSPS) is 10.5. The first-order valence-electron chi connectivity index (χ1n) is 7.53. The van der Waals surface area contributed by atoms with Crippen LogP contribution in [0.3, 0.4) is 0 Å². The molecule has 5 heteroatoms. The molecule has 0 amide bonds. The number of ether oxygens (including phenoxy) is 1. The zero-order valence-corrected chi connectivity index (χ0v) is 13.6. The van der Waals surface area contributed by atoms with E-state index in [1.54, 1.807) is 0 Å². The highest BCUT2D eigenvalue weighted by Crippen LogP contribution is 2.19. The van der Waals surface area contributed by atoms with Crippen LogP contribution in [0, 0.1) is 0 Å². The molecule has 0 fully saturated rings. The van der Waals surface area contributed by atoms with Crippen molar-refractivity contribution in [3.63, 3.8) is 0 Å². The molecule has 2 rings (SSSR count). The number of aliphatic carboxylic acids is 1. The van der Waals surface area contributed by atoms with Gasteiger partial charge in [-0.3, -0.25) is 4.79 Å². The minimum absolute atomic E-state index is 0.188. The standard InChI is InChI=1S/C18H20ClNO3/c19-17-8-2-1-6-15(17)13-23-16-7-3-5-14(11-16)12-20-10-4-9-18(21)22/h1-3,5-8,11,20H,4,9-10,12-13H2,(H,21,22). The van der Waals surface area contributed by atoms with E-state index in [2.05, 4.69) is 5.32 Å². The molecule has 0 aromatic heterocycles. The highest BCUT2D eigenvalue weighted by atomic mass is 35.5. The fourth-order valence-corrected chi connectivity index (χ4v) is 2.31. The first kappa shape index (κ1) is 17.3. The molecule has 23 heavy (non-hydrogen) atoms. The highest BCUT2D eigenvalue weighted by molar-refractivity contribution is 6.31. The molecule has 0 aliphatic carbocycles. The van der Waals surface area contributed by atoms with Crippen molar-refractivity contribution in [3.8, 4) is 5.75 Å². The van der Waals surface area contributed by atoms with Crippen molar-refractivity contribution in [1.29, 1.82) is 0 Å². The highest BCUT2D eigenvalue weighted by Gasteiger charge is 2.02. The van der Waals surface area contributed by atoms with Gasteiger partial charge in [-0.2, -0.15) is 0 Å². The van der Waals surface area contributed by atoms with Crippen LogP contribution < -0.4 is 10.1 Å². The van der Waals surface area contributed by atoms with Gasteiger partial charge < -0.3 is 15.2 Å². The second kappa shape index (κ2) is 9.18. The largest absolute Gasteiger partial charge is 0.489 e. The number of nitrogens with one attached hydrogen (secondary N) is 1. The number of carboxylic acids is 1. The third kappa shape index (κ3) is 6.30. The number of rotatable bonds is 9. The van der Waals surface area contributed by atoms with Crippen molar-refractivity contribution in [2.45, 2.75) is 26.0 Å². The molecular weight excluding hydrogens is 314 g/mol. The van der Waals surface area contributed by atoms with Crippen molar-refractivity contribution < 1.29 is 14.6 Å². The van der Waals surface area contributed by atoms with Crippen molar-refractivity contribution in [3.05, 3.63) is 64.7 Å². The van der Waals surface area contributed by atoms with E-state index in [-0.39, 0.29) is 6.42 Å². The SMILES string of the molecule is O=C(O)CCCNCc1cccc(OCc2ccccc2Cl)c1. The Labute approximate surface area is 141 Å². The Morgan fingerprint density at radius 2 is 2.00 bits per heavy atom. The molecular formula is C18H20ClNO3. The first-order valence-corrected chi connectivity index (χ1v) is 7.90. The summed E-state index contributed by atoms with van der Waals surface area (Å²) >= 11 is 6.11. The van der Waals surface area contributed by atoms with Crippen LogP contribution >= 0.6 is 11.6 Å². The van der Waals surface area contributed by atoms with Crippen LogP contribution in [0.5, 0.6) is 5.75 Å². The van der Waals surface area contributed by atoms with Gasteiger partial charge in [0.2, 0.25) is 0 Å². The van der Waals surface area contributed by atoms with Crippen LogP contribution in [-0.4, -0.2) is 17.6 Å². The van der Waals surface area contributed by atoms with Gasteiger partial charge in [-0.15, -0.1) is 0 Å². The maximum absolute atomic E-state index is 10.4. The molecule has 0 saturated heterocycles. The lowest BCUT2D eigenvalue weighted by molar-refractivity contribution is -0.137. The van der Waals surface area contributed by atoms with E-state index in [4.69, 9.17) is 21.4 Å². The Balaban J connectivity index is 1.80. The van der Waals surface area contributed by atoms with E-state index >= 15 is 0 Å². The van der Waals surface area contributed by atoms with E-state index in [0.29, 0.717) is 31.1 Å². The van der Waals surface area contributed by atoms with E-state index in [0.717, 1.165) is 16.9 Å². The van der Waals surface area contributed by atoms with Crippen LogP contribution in [0.1, 0.15) is 24.0 Å². The summed E-state index contributed by atoms with van der Waals surface area (Å²) in [5.41, 5.74) is 2.04. The van der Waals surface area contributed by atoms with Gasteiger partial charge in [-0.05, 0) is 36.7 Å². The first-order chi connectivity index (χ1) is 11.1. The molecule has 0 bridgehead atoms. The Hall–Kier alpha value is -2.04.